The highest BCUT2D eigenvalue weighted by molar-refractivity contribution is 5.75. The number of imidazole rings is 1. The van der Waals surface area contributed by atoms with E-state index in [1.165, 1.54) is 5.52 Å². The number of rotatable bonds is 5. The summed E-state index contributed by atoms with van der Waals surface area (Å²) in [6, 6.07) is 8.53. The fourth-order valence-electron chi connectivity index (χ4n) is 2.13. The van der Waals surface area contributed by atoms with Crippen molar-refractivity contribution in [2.24, 2.45) is 5.73 Å². The molecule has 3 nitrogen and oxygen atoms in total. The van der Waals surface area contributed by atoms with Gasteiger partial charge in [-0.15, -0.1) is 0 Å². The van der Waals surface area contributed by atoms with Crippen LogP contribution in [0, 0.1) is 0 Å². The van der Waals surface area contributed by atoms with Gasteiger partial charge in [0.15, 0.2) is 0 Å². The van der Waals surface area contributed by atoms with Gasteiger partial charge in [0.2, 0.25) is 0 Å². The normalized spacial score (nSPS) is 13.1. The predicted molar refractivity (Wildman–Crippen MR) is 72.0 cm³/mol. The van der Waals surface area contributed by atoms with Crippen molar-refractivity contribution in [1.82, 2.24) is 9.55 Å². The van der Waals surface area contributed by atoms with Crippen LogP contribution in [0.3, 0.4) is 0 Å². The van der Waals surface area contributed by atoms with Crippen molar-refractivity contribution in [3.8, 4) is 0 Å². The Morgan fingerprint density at radius 3 is 2.76 bits per heavy atom. The minimum absolute atomic E-state index is 0.211. The number of fused-ring (bicyclic) bond motifs is 1. The third-order valence-corrected chi connectivity index (χ3v) is 3.15. The van der Waals surface area contributed by atoms with Gasteiger partial charge >= 0.3 is 0 Å². The maximum Gasteiger partial charge on any atom is 0.111 e. The quantitative estimate of drug-likeness (QED) is 0.860. The minimum atomic E-state index is 0.211. The lowest BCUT2D eigenvalue weighted by Gasteiger charge is -2.11. The van der Waals surface area contributed by atoms with E-state index in [1.54, 1.807) is 0 Å². The van der Waals surface area contributed by atoms with Gasteiger partial charge in [-0.05, 0) is 25.0 Å². The second-order valence-electron chi connectivity index (χ2n) is 4.54. The Morgan fingerprint density at radius 1 is 1.29 bits per heavy atom. The fraction of sp³-hybridized carbons (Fsp3) is 0.500. The van der Waals surface area contributed by atoms with E-state index in [4.69, 9.17) is 10.7 Å². The Kier molecular flexibility index (Phi) is 3.79. The van der Waals surface area contributed by atoms with E-state index >= 15 is 0 Å². The summed E-state index contributed by atoms with van der Waals surface area (Å²) in [7, 11) is 0. The second-order valence-corrected chi connectivity index (χ2v) is 4.54. The second kappa shape index (κ2) is 5.32. The van der Waals surface area contributed by atoms with Crippen LogP contribution in [0.2, 0.25) is 0 Å². The molecule has 0 aliphatic rings. The van der Waals surface area contributed by atoms with Crippen LogP contribution in [0.1, 0.15) is 32.5 Å². The van der Waals surface area contributed by atoms with Gasteiger partial charge in [0.1, 0.15) is 5.82 Å². The summed E-state index contributed by atoms with van der Waals surface area (Å²) in [5.74, 6) is 1.13. The first kappa shape index (κ1) is 12.1. The van der Waals surface area contributed by atoms with Gasteiger partial charge in [-0.3, -0.25) is 0 Å². The van der Waals surface area contributed by atoms with Gasteiger partial charge in [-0.2, -0.15) is 0 Å². The lowest BCUT2D eigenvalue weighted by atomic mass is 10.1. The molecular formula is C14H21N3. The van der Waals surface area contributed by atoms with Gasteiger partial charge in [-0.1, -0.05) is 26.0 Å². The summed E-state index contributed by atoms with van der Waals surface area (Å²) in [5, 5.41) is 0. The molecule has 0 bridgehead atoms. The Hall–Kier alpha value is -1.35. The number of benzene rings is 1. The molecule has 1 aromatic heterocycles. The molecule has 0 radical (unpaired) electrons. The third kappa shape index (κ3) is 2.50. The van der Waals surface area contributed by atoms with Crippen molar-refractivity contribution in [3.63, 3.8) is 0 Å². The van der Waals surface area contributed by atoms with Gasteiger partial charge in [-0.25, -0.2) is 4.98 Å². The number of aromatic nitrogens is 2. The average molecular weight is 231 g/mol. The van der Waals surface area contributed by atoms with Crippen molar-refractivity contribution in [2.45, 2.75) is 45.7 Å². The molecule has 0 spiro atoms. The molecule has 3 heteroatoms. The van der Waals surface area contributed by atoms with Crippen LogP contribution in [-0.4, -0.2) is 15.6 Å². The van der Waals surface area contributed by atoms with E-state index in [0.29, 0.717) is 0 Å². The van der Waals surface area contributed by atoms with Crippen molar-refractivity contribution in [2.75, 3.05) is 0 Å². The first-order valence-corrected chi connectivity index (χ1v) is 6.46. The van der Waals surface area contributed by atoms with Crippen molar-refractivity contribution < 1.29 is 0 Å². The lowest BCUT2D eigenvalue weighted by Crippen LogP contribution is -2.23. The van der Waals surface area contributed by atoms with Crippen LogP contribution in [0.4, 0.5) is 0 Å². The maximum atomic E-state index is 6.04. The summed E-state index contributed by atoms with van der Waals surface area (Å²) in [5.41, 5.74) is 8.35. The van der Waals surface area contributed by atoms with E-state index in [2.05, 4.69) is 36.6 Å². The first-order chi connectivity index (χ1) is 8.26. The lowest BCUT2D eigenvalue weighted by molar-refractivity contribution is 0.582. The Bertz CT molecular complexity index is 487. The molecule has 1 aromatic carbocycles. The summed E-state index contributed by atoms with van der Waals surface area (Å²) < 4.78 is 2.31. The van der Waals surface area contributed by atoms with Crippen LogP contribution in [0.15, 0.2) is 24.3 Å². The molecule has 2 rings (SSSR count). The van der Waals surface area contributed by atoms with E-state index in [9.17, 15) is 0 Å². The van der Waals surface area contributed by atoms with E-state index in [-0.39, 0.29) is 6.04 Å². The topological polar surface area (TPSA) is 43.8 Å². The van der Waals surface area contributed by atoms with E-state index < -0.39 is 0 Å². The fourth-order valence-corrected chi connectivity index (χ4v) is 2.13. The summed E-state index contributed by atoms with van der Waals surface area (Å²) in [6.07, 6.45) is 2.98. The molecule has 2 aromatic rings. The van der Waals surface area contributed by atoms with Crippen LogP contribution in [0.5, 0.6) is 0 Å². The third-order valence-electron chi connectivity index (χ3n) is 3.15. The molecule has 17 heavy (non-hydrogen) atoms. The zero-order chi connectivity index (χ0) is 12.3. The summed E-state index contributed by atoms with van der Waals surface area (Å²) in [6.45, 7) is 5.34. The van der Waals surface area contributed by atoms with Gasteiger partial charge in [0.25, 0.3) is 0 Å². The zero-order valence-corrected chi connectivity index (χ0v) is 10.7. The maximum absolute atomic E-state index is 6.04. The molecule has 0 aliphatic carbocycles. The Balaban J connectivity index is 2.42. The highest BCUT2D eigenvalue weighted by Crippen LogP contribution is 2.17. The van der Waals surface area contributed by atoms with Crippen molar-refractivity contribution in [1.29, 1.82) is 0 Å². The van der Waals surface area contributed by atoms with Crippen LogP contribution in [0.25, 0.3) is 11.0 Å². The molecule has 2 N–H and O–H groups in total. The minimum Gasteiger partial charge on any atom is -0.328 e. The average Bonchev–Trinajstić information content (AvgIpc) is 2.68. The molecule has 0 aliphatic heterocycles. The number of hydrogen-bond donors (Lipinski definition) is 1. The van der Waals surface area contributed by atoms with Crippen molar-refractivity contribution >= 4 is 11.0 Å². The summed E-state index contributed by atoms with van der Waals surface area (Å²) >= 11 is 0. The molecule has 0 fully saturated rings. The number of para-hydroxylation sites is 2. The number of hydrogen-bond acceptors (Lipinski definition) is 2. The number of aryl methyl sites for hydroxylation is 1. The Labute approximate surface area is 103 Å². The Morgan fingerprint density at radius 2 is 2.06 bits per heavy atom. The molecule has 1 atom stereocenters. The van der Waals surface area contributed by atoms with Gasteiger partial charge < -0.3 is 10.3 Å². The van der Waals surface area contributed by atoms with Gasteiger partial charge in [0, 0.05) is 19.0 Å². The number of nitrogens with zero attached hydrogens (tertiary/aromatic N) is 2. The largest absolute Gasteiger partial charge is 0.328 e. The van der Waals surface area contributed by atoms with E-state index in [1.807, 2.05) is 6.07 Å². The monoisotopic (exact) mass is 231 g/mol. The van der Waals surface area contributed by atoms with Crippen molar-refractivity contribution in [3.05, 3.63) is 30.1 Å². The zero-order valence-electron chi connectivity index (χ0n) is 10.7. The highest BCUT2D eigenvalue weighted by Gasteiger charge is 2.11. The molecule has 92 valence electrons. The van der Waals surface area contributed by atoms with Crippen LogP contribution in [-0.2, 0) is 13.0 Å². The summed E-state index contributed by atoms with van der Waals surface area (Å²) in [4.78, 5) is 4.70. The molecular weight excluding hydrogens is 210 g/mol. The van der Waals surface area contributed by atoms with Crippen LogP contribution < -0.4 is 5.73 Å². The highest BCUT2D eigenvalue weighted by atomic mass is 15.1. The molecule has 0 saturated carbocycles. The molecule has 1 unspecified atom stereocenters. The molecule has 0 amide bonds. The SMILES string of the molecule is CCCn1c(CC(N)CC)nc2ccccc21. The van der Waals surface area contributed by atoms with E-state index in [0.717, 1.165) is 37.1 Å². The predicted octanol–water partition coefficient (Wildman–Crippen LogP) is 2.73. The van der Waals surface area contributed by atoms with Crippen LogP contribution >= 0.6 is 0 Å². The molecule has 0 saturated heterocycles. The number of nitrogens with two attached hydrogens (primary N) is 1. The smallest absolute Gasteiger partial charge is 0.111 e. The van der Waals surface area contributed by atoms with Gasteiger partial charge in [0.05, 0.1) is 11.0 Å². The molecule has 1 heterocycles. The standard InChI is InChI=1S/C14H21N3/c1-3-9-17-13-8-6-5-7-12(13)16-14(17)10-11(15)4-2/h5-8,11H,3-4,9-10,15H2,1-2H3. The first-order valence-electron chi connectivity index (χ1n) is 6.46.